The summed E-state index contributed by atoms with van der Waals surface area (Å²) in [6, 6.07) is 15.6. The van der Waals surface area contributed by atoms with E-state index in [1.165, 1.54) is 25.1 Å². The molecule has 0 atom stereocenters. The minimum Gasteiger partial charge on any atom is -0.339 e. The molecule has 0 saturated carbocycles. The van der Waals surface area contributed by atoms with Crippen molar-refractivity contribution in [3.63, 3.8) is 0 Å². The molecule has 3 aromatic rings. The monoisotopic (exact) mass is 350 g/mol. The number of hydrogen-bond acceptors (Lipinski definition) is 5. The van der Waals surface area contributed by atoms with Crippen LogP contribution in [-0.2, 0) is 0 Å². The molecule has 0 unspecified atom stereocenters. The molecule has 0 fully saturated rings. The number of benzene rings is 2. The number of amides is 1. The quantitative estimate of drug-likeness (QED) is 0.684. The van der Waals surface area contributed by atoms with Crippen molar-refractivity contribution in [3.05, 3.63) is 77.7 Å². The molecular weight excluding hydrogens is 335 g/mol. The minimum absolute atomic E-state index is 0.0462. The van der Waals surface area contributed by atoms with E-state index in [4.69, 9.17) is 0 Å². The second-order valence-corrected chi connectivity index (χ2v) is 5.53. The number of aromatic nitrogens is 2. The van der Waals surface area contributed by atoms with Crippen LogP contribution in [0.4, 0.5) is 21.6 Å². The Morgan fingerprint density at radius 3 is 2.31 bits per heavy atom. The average molecular weight is 350 g/mol. The first-order valence-electron chi connectivity index (χ1n) is 7.80. The fraction of sp³-hybridized carbons (Fsp3) is 0.0526. The molecule has 0 spiro atoms. The highest BCUT2D eigenvalue weighted by Gasteiger charge is 2.09. The third kappa shape index (κ3) is 4.27. The van der Waals surface area contributed by atoms with Gasteiger partial charge in [0.2, 0.25) is 0 Å². The molecule has 0 aliphatic rings. The smallest absolute Gasteiger partial charge is 0.276 e. The fourth-order valence-corrected chi connectivity index (χ4v) is 2.22. The van der Waals surface area contributed by atoms with Gasteiger partial charge in [0.25, 0.3) is 5.91 Å². The van der Waals surface area contributed by atoms with E-state index in [1.54, 1.807) is 42.5 Å². The predicted molar refractivity (Wildman–Crippen MR) is 96.1 cm³/mol. The molecule has 0 radical (unpaired) electrons. The normalized spacial score (nSPS) is 10.2. The van der Waals surface area contributed by atoms with Gasteiger partial charge >= 0.3 is 0 Å². The Morgan fingerprint density at radius 1 is 0.923 bits per heavy atom. The van der Waals surface area contributed by atoms with Gasteiger partial charge in [0.15, 0.2) is 17.3 Å². The van der Waals surface area contributed by atoms with Crippen LogP contribution in [0.1, 0.15) is 27.8 Å². The Kier molecular flexibility index (Phi) is 4.98. The molecule has 1 amide bonds. The standard InChI is InChI=1S/C19H15FN4O2/c1-12(25)13-5-7-15(8-6-13)22-19(26)17-9-10-18(24-23-17)21-16-4-2-3-14(20)11-16/h2-11H,1H3,(H,21,24)(H,22,26). The van der Waals surface area contributed by atoms with Crippen molar-refractivity contribution in [1.29, 1.82) is 0 Å². The summed E-state index contributed by atoms with van der Waals surface area (Å²) >= 11 is 0. The molecule has 1 aromatic heterocycles. The molecule has 7 heteroatoms. The van der Waals surface area contributed by atoms with Gasteiger partial charge < -0.3 is 10.6 Å². The Morgan fingerprint density at radius 2 is 1.69 bits per heavy atom. The molecule has 3 rings (SSSR count). The highest BCUT2D eigenvalue weighted by atomic mass is 19.1. The number of rotatable bonds is 5. The molecule has 0 aliphatic carbocycles. The van der Waals surface area contributed by atoms with Crippen LogP contribution in [-0.4, -0.2) is 21.9 Å². The van der Waals surface area contributed by atoms with Crippen molar-refractivity contribution in [3.8, 4) is 0 Å². The highest BCUT2D eigenvalue weighted by Crippen LogP contribution is 2.15. The number of ketones is 1. The van der Waals surface area contributed by atoms with E-state index < -0.39 is 5.91 Å². The van der Waals surface area contributed by atoms with E-state index >= 15 is 0 Å². The Hall–Kier alpha value is -3.61. The van der Waals surface area contributed by atoms with Crippen LogP contribution < -0.4 is 10.6 Å². The molecule has 0 aliphatic heterocycles. The van der Waals surface area contributed by atoms with Crippen LogP contribution in [0.3, 0.4) is 0 Å². The van der Waals surface area contributed by atoms with Gasteiger partial charge in [0.1, 0.15) is 5.82 Å². The van der Waals surface area contributed by atoms with Crippen LogP contribution in [0.5, 0.6) is 0 Å². The number of Topliss-reactive ketones (excluding diaryl/α,β-unsaturated/α-hetero) is 1. The van der Waals surface area contributed by atoms with E-state index in [9.17, 15) is 14.0 Å². The number of hydrogen-bond donors (Lipinski definition) is 2. The second kappa shape index (κ2) is 7.52. The van der Waals surface area contributed by atoms with Gasteiger partial charge in [-0.3, -0.25) is 9.59 Å². The number of anilines is 3. The van der Waals surface area contributed by atoms with Gasteiger partial charge in [-0.25, -0.2) is 4.39 Å². The predicted octanol–water partition coefficient (Wildman–Crippen LogP) is 3.81. The number of carbonyl (C=O) groups excluding carboxylic acids is 2. The highest BCUT2D eigenvalue weighted by molar-refractivity contribution is 6.03. The zero-order valence-corrected chi connectivity index (χ0v) is 13.9. The molecular formula is C19H15FN4O2. The first kappa shape index (κ1) is 17.2. The molecule has 2 N–H and O–H groups in total. The molecule has 0 saturated heterocycles. The topological polar surface area (TPSA) is 84.0 Å². The number of halogens is 1. The third-order valence-corrected chi connectivity index (χ3v) is 3.54. The van der Waals surface area contributed by atoms with Gasteiger partial charge in [0.05, 0.1) is 0 Å². The van der Waals surface area contributed by atoms with Crippen molar-refractivity contribution in [2.75, 3.05) is 10.6 Å². The second-order valence-electron chi connectivity index (χ2n) is 5.53. The largest absolute Gasteiger partial charge is 0.339 e. The lowest BCUT2D eigenvalue weighted by Gasteiger charge is -2.07. The van der Waals surface area contributed by atoms with Crippen molar-refractivity contribution >= 4 is 28.9 Å². The summed E-state index contributed by atoms with van der Waals surface area (Å²) in [5.41, 5.74) is 1.77. The van der Waals surface area contributed by atoms with Gasteiger partial charge in [-0.15, -0.1) is 10.2 Å². The van der Waals surface area contributed by atoms with Crippen molar-refractivity contribution in [2.45, 2.75) is 6.92 Å². The lowest BCUT2D eigenvalue weighted by molar-refractivity contribution is 0.101. The maximum Gasteiger partial charge on any atom is 0.276 e. The Labute approximate surface area is 149 Å². The van der Waals surface area contributed by atoms with Crippen LogP contribution in [0, 0.1) is 5.82 Å². The van der Waals surface area contributed by atoms with Crippen LogP contribution in [0.2, 0.25) is 0 Å². The number of nitrogens with zero attached hydrogens (tertiary/aromatic N) is 2. The minimum atomic E-state index is -0.426. The maximum absolute atomic E-state index is 13.2. The Bertz CT molecular complexity index is 941. The van der Waals surface area contributed by atoms with E-state index in [2.05, 4.69) is 20.8 Å². The van der Waals surface area contributed by atoms with E-state index in [-0.39, 0.29) is 17.3 Å². The van der Waals surface area contributed by atoms with Crippen LogP contribution in [0.15, 0.2) is 60.7 Å². The van der Waals surface area contributed by atoms with E-state index in [0.717, 1.165) is 0 Å². The molecule has 6 nitrogen and oxygen atoms in total. The first-order chi connectivity index (χ1) is 12.5. The molecule has 1 heterocycles. The van der Waals surface area contributed by atoms with Crippen molar-refractivity contribution < 1.29 is 14.0 Å². The van der Waals surface area contributed by atoms with Gasteiger partial charge in [-0.1, -0.05) is 6.07 Å². The summed E-state index contributed by atoms with van der Waals surface area (Å²) < 4.78 is 13.2. The van der Waals surface area contributed by atoms with Gasteiger partial charge in [-0.05, 0) is 61.5 Å². The van der Waals surface area contributed by atoms with Gasteiger partial charge in [-0.2, -0.15) is 0 Å². The summed E-state index contributed by atoms with van der Waals surface area (Å²) in [6.45, 7) is 1.47. The van der Waals surface area contributed by atoms with Gasteiger partial charge in [0, 0.05) is 16.9 Å². The van der Waals surface area contributed by atoms with Crippen LogP contribution in [0.25, 0.3) is 0 Å². The molecule has 26 heavy (non-hydrogen) atoms. The third-order valence-electron chi connectivity index (χ3n) is 3.54. The lowest BCUT2D eigenvalue weighted by Crippen LogP contribution is -2.14. The molecule has 2 aromatic carbocycles. The fourth-order valence-electron chi connectivity index (χ4n) is 2.22. The Balaban J connectivity index is 1.65. The molecule has 0 bridgehead atoms. The summed E-state index contributed by atoms with van der Waals surface area (Å²) in [5, 5.41) is 13.4. The van der Waals surface area contributed by atoms with Crippen molar-refractivity contribution in [2.24, 2.45) is 0 Å². The van der Waals surface area contributed by atoms with E-state index in [1.807, 2.05) is 0 Å². The summed E-state index contributed by atoms with van der Waals surface area (Å²) in [5.74, 6) is -0.451. The lowest BCUT2D eigenvalue weighted by atomic mass is 10.1. The summed E-state index contributed by atoms with van der Waals surface area (Å²) in [4.78, 5) is 23.4. The van der Waals surface area contributed by atoms with Crippen LogP contribution >= 0.6 is 0 Å². The maximum atomic E-state index is 13.2. The zero-order chi connectivity index (χ0) is 18.5. The summed E-state index contributed by atoms with van der Waals surface area (Å²) in [7, 11) is 0. The SMILES string of the molecule is CC(=O)c1ccc(NC(=O)c2ccc(Nc3cccc(F)c3)nn2)cc1. The summed E-state index contributed by atoms with van der Waals surface area (Å²) in [6.07, 6.45) is 0. The zero-order valence-electron chi connectivity index (χ0n) is 13.9. The number of nitrogens with one attached hydrogen (secondary N) is 2. The first-order valence-corrected chi connectivity index (χ1v) is 7.80. The number of carbonyl (C=O) groups is 2. The average Bonchev–Trinajstić information content (AvgIpc) is 2.63. The molecule has 130 valence electrons. The van der Waals surface area contributed by atoms with Crippen molar-refractivity contribution in [1.82, 2.24) is 10.2 Å². The van der Waals surface area contributed by atoms with E-state index in [0.29, 0.717) is 22.8 Å².